The number of hydroxylamine groups is 2. The second-order valence-corrected chi connectivity index (χ2v) is 11.5. The molecular formula is C28H48Cl2N8O3. The Morgan fingerprint density at radius 3 is 2.37 bits per heavy atom. The molecular weight excluding hydrogens is 567 g/mol. The maximum absolute atomic E-state index is 12.1. The van der Waals surface area contributed by atoms with Gasteiger partial charge in [0.05, 0.1) is 12.9 Å². The van der Waals surface area contributed by atoms with Crippen LogP contribution in [0.4, 0.5) is 16.6 Å². The van der Waals surface area contributed by atoms with E-state index >= 15 is 0 Å². The number of nitrogens with two attached hydrogens (primary N) is 1. The number of unbranched alkanes of at least 4 members (excludes halogenated alkanes) is 3. The van der Waals surface area contributed by atoms with Gasteiger partial charge in [-0.05, 0) is 57.8 Å². The molecule has 2 aromatic heterocycles. The zero-order valence-electron chi connectivity index (χ0n) is 24.3. The molecule has 0 atom stereocenters. The number of hydrogen-bond acceptors (Lipinski definition) is 10. The first kappa shape index (κ1) is 33.4. The van der Waals surface area contributed by atoms with Gasteiger partial charge in [0.2, 0.25) is 5.95 Å². The minimum atomic E-state index is -0.604. The summed E-state index contributed by atoms with van der Waals surface area (Å²) >= 11 is 0. The lowest BCUT2D eigenvalue weighted by atomic mass is 9.92. The van der Waals surface area contributed by atoms with Gasteiger partial charge in [-0.15, -0.1) is 29.9 Å². The van der Waals surface area contributed by atoms with Gasteiger partial charge in [0.1, 0.15) is 0 Å². The average molecular weight is 616 g/mol. The minimum Gasteiger partial charge on any atom is -0.433 e. The molecule has 0 radical (unpaired) electrons. The third-order valence-electron chi connectivity index (χ3n) is 8.46. The second-order valence-electron chi connectivity index (χ2n) is 11.5. The fraction of sp³-hybridized carbons (Fsp3) is 0.786. The molecule has 13 heteroatoms. The van der Waals surface area contributed by atoms with Crippen molar-refractivity contribution in [2.75, 3.05) is 30.3 Å². The van der Waals surface area contributed by atoms with E-state index in [1.54, 1.807) is 5.06 Å². The zero-order valence-corrected chi connectivity index (χ0v) is 25.9. The summed E-state index contributed by atoms with van der Waals surface area (Å²) in [7, 11) is 0. The number of aromatic nitrogens is 4. The Kier molecular flexibility index (Phi) is 13.5. The van der Waals surface area contributed by atoms with Crippen LogP contribution in [0.25, 0.3) is 11.2 Å². The molecule has 0 amide bonds. The van der Waals surface area contributed by atoms with E-state index < -0.39 is 6.16 Å². The highest BCUT2D eigenvalue weighted by Gasteiger charge is 2.27. The molecule has 1 aliphatic heterocycles. The highest BCUT2D eigenvalue weighted by molar-refractivity contribution is 5.86. The monoisotopic (exact) mass is 614 g/mol. The van der Waals surface area contributed by atoms with Crippen LogP contribution in [-0.2, 0) is 9.57 Å². The van der Waals surface area contributed by atoms with Gasteiger partial charge in [-0.2, -0.15) is 9.97 Å². The Balaban J connectivity index is 0.00000231. The van der Waals surface area contributed by atoms with Gasteiger partial charge in [0, 0.05) is 37.3 Å². The van der Waals surface area contributed by atoms with Crippen molar-refractivity contribution in [1.82, 2.24) is 24.6 Å². The standard InChI is InChI=1S/C28H46N8O3.2ClH/c1-2-3-4-7-18-38-28(37)39-35-16-14-22(15-17-35)31-25-24-26(36(19-30-24)23-8-5-6-9-23)34-27(33-25)32-21-12-10-20(29)11-13-21;;/h19-23H,2-18,29H2,1H3,(H2,31,32,33,34);2*1H/t20-,21-;;. The number of nitrogens with one attached hydrogen (secondary N) is 2. The number of hydrogen-bond donors (Lipinski definition) is 3. The highest BCUT2D eigenvalue weighted by atomic mass is 35.5. The van der Waals surface area contributed by atoms with Gasteiger partial charge in [-0.25, -0.2) is 9.78 Å². The fourth-order valence-corrected chi connectivity index (χ4v) is 6.08. The predicted octanol–water partition coefficient (Wildman–Crippen LogP) is 5.99. The summed E-state index contributed by atoms with van der Waals surface area (Å²) in [6.07, 6.45) is 16.2. The predicted molar refractivity (Wildman–Crippen MR) is 166 cm³/mol. The van der Waals surface area contributed by atoms with Crippen LogP contribution in [-0.4, -0.2) is 68.6 Å². The van der Waals surface area contributed by atoms with Crippen LogP contribution in [0, 0.1) is 0 Å². The highest BCUT2D eigenvalue weighted by Crippen LogP contribution is 2.34. The summed E-state index contributed by atoms with van der Waals surface area (Å²) in [6.45, 7) is 3.85. The van der Waals surface area contributed by atoms with Crippen molar-refractivity contribution in [2.24, 2.45) is 5.73 Å². The molecule has 3 aliphatic rings. The van der Waals surface area contributed by atoms with Gasteiger partial charge in [0.25, 0.3) is 0 Å². The molecule has 3 heterocycles. The average Bonchev–Trinajstić information content (AvgIpc) is 3.61. The summed E-state index contributed by atoms with van der Waals surface area (Å²) < 4.78 is 7.48. The number of rotatable bonds is 11. The van der Waals surface area contributed by atoms with Gasteiger partial charge < -0.3 is 30.5 Å². The largest absolute Gasteiger partial charge is 0.527 e. The molecule has 0 spiro atoms. The van der Waals surface area contributed by atoms with Gasteiger partial charge in [0.15, 0.2) is 17.0 Å². The van der Waals surface area contributed by atoms with Crippen molar-refractivity contribution in [1.29, 1.82) is 0 Å². The third kappa shape index (κ3) is 9.20. The van der Waals surface area contributed by atoms with E-state index in [1.165, 1.54) is 25.7 Å². The van der Waals surface area contributed by atoms with Crippen molar-refractivity contribution >= 4 is 53.9 Å². The van der Waals surface area contributed by atoms with Gasteiger partial charge >= 0.3 is 6.16 Å². The van der Waals surface area contributed by atoms with Crippen LogP contribution >= 0.6 is 24.8 Å². The van der Waals surface area contributed by atoms with Crippen LogP contribution in [0.15, 0.2) is 6.33 Å². The van der Waals surface area contributed by atoms with E-state index in [-0.39, 0.29) is 30.9 Å². The number of fused-ring (bicyclic) bond motifs is 1. The lowest BCUT2D eigenvalue weighted by Crippen LogP contribution is -2.40. The van der Waals surface area contributed by atoms with Gasteiger partial charge in [-0.1, -0.05) is 39.0 Å². The molecule has 1 saturated heterocycles. The molecule has 0 aromatic carbocycles. The second kappa shape index (κ2) is 16.5. The molecule has 5 rings (SSSR count). The first-order valence-electron chi connectivity index (χ1n) is 15.2. The quantitative estimate of drug-likeness (QED) is 0.205. The minimum absolute atomic E-state index is 0. The van der Waals surface area contributed by atoms with Crippen LogP contribution in [0.5, 0.6) is 0 Å². The first-order chi connectivity index (χ1) is 19.1. The Labute approximate surface area is 255 Å². The summed E-state index contributed by atoms with van der Waals surface area (Å²) in [4.78, 5) is 32.1. The molecule has 2 saturated carbocycles. The Morgan fingerprint density at radius 1 is 0.951 bits per heavy atom. The van der Waals surface area contributed by atoms with Crippen molar-refractivity contribution in [3.05, 3.63) is 6.33 Å². The van der Waals surface area contributed by atoms with Crippen LogP contribution in [0.1, 0.15) is 103 Å². The molecule has 0 bridgehead atoms. The topological polar surface area (TPSA) is 132 Å². The number of nitrogens with zero attached hydrogens (tertiary/aromatic N) is 5. The van der Waals surface area contributed by atoms with Crippen molar-refractivity contribution in [2.45, 2.75) is 121 Å². The SMILES string of the molecule is CCCCCCOC(=O)ON1CCC(Nc2nc(N[C@H]3CC[C@H](N)CC3)nc3c2ncn3C2CCCC2)CC1.Cl.Cl. The Hall–Kier alpha value is -2.08. The van der Waals surface area contributed by atoms with Crippen LogP contribution < -0.4 is 16.4 Å². The molecule has 2 aliphatic carbocycles. The maximum Gasteiger partial charge on any atom is 0.527 e. The van der Waals surface area contributed by atoms with E-state index in [0.717, 1.165) is 81.2 Å². The Bertz CT molecular complexity index is 1070. The molecule has 0 unspecified atom stereocenters. The fourth-order valence-electron chi connectivity index (χ4n) is 6.08. The lowest BCUT2D eigenvalue weighted by Gasteiger charge is -2.31. The molecule has 2 aromatic rings. The number of ether oxygens (including phenoxy) is 1. The molecule has 4 N–H and O–H groups in total. The number of carbonyl (C=O) groups excluding carboxylic acids is 1. The third-order valence-corrected chi connectivity index (χ3v) is 8.46. The summed E-state index contributed by atoms with van der Waals surface area (Å²) in [5, 5.41) is 8.96. The molecule has 11 nitrogen and oxygen atoms in total. The van der Waals surface area contributed by atoms with Crippen molar-refractivity contribution in [3.63, 3.8) is 0 Å². The lowest BCUT2D eigenvalue weighted by molar-refractivity contribution is -0.138. The smallest absolute Gasteiger partial charge is 0.433 e. The van der Waals surface area contributed by atoms with E-state index in [9.17, 15) is 4.79 Å². The van der Waals surface area contributed by atoms with Crippen molar-refractivity contribution in [3.8, 4) is 0 Å². The molecule has 232 valence electrons. The number of imidazole rings is 1. The van der Waals surface area contributed by atoms with E-state index in [2.05, 4.69) is 22.1 Å². The maximum atomic E-state index is 12.1. The van der Waals surface area contributed by atoms with Crippen LogP contribution in [0.3, 0.4) is 0 Å². The van der Waals surface area contributed by atoms with Gasteiger partial charge in [-0.3, -0.25) is 0 Å². The first-order valence-corrected chi connectivity index (χ1v) is 15.2. The summed E-state index contributed by atoms with van der Waals surface area (Å²) in [6, 6.07) is 1.29. The molecule has 3 fully saturated rings. The van der Waals surface area contributed by atoms with E-state index in [1.807, 2.05) is 6.33 Å². The number of piperidine rings is 1. The summed E-state index contributed by atoms with van der Waals surface area (Å²) in [5.41, 5.74) is 7.85. The van der Waals surface area contributed by atoms with Crippen molar-refractivity contribution < 1.29 is 14.4 Å². The zero-order chi connectivity index (χ0) is 27.0. The number of halogens is 2. The number of carbonyl (C=O) groups is 1. The van der Waals surface area contributed by atoms with Crippen LogP contribution in [0.2, 0.25) is 0 Å². The Morgan fingerprint density at radius 2 is 1.66 bits per heavy atom. The normalized spacial score (nSPS) is 22.1. The molecule has 41 heavy (non-hydrogen) atoms. The number of anilines is 2. The van der Waals surface area contributed by atoms with E-state index in [4.69, 9.17) is 30.3 Å². The summed E-state index contributed by atoms with van der Waals surface area (Å²) in [5.74, 6) is 1.44. The van der Waals surface area contributed by atoms with E-state index in [0.29, 0.717) is 43.8 Å².